The highest BCUT2D eigenvalue weighted by Gasteiger charge is 2.27. The fourth-order valence-electron chi connectivity index (χ4n) is 5.88. The highest BCUT2D eigenvalue weighted by Crippen LogP contribution is 2.30. The quantitative estimate of drug-likeness (QED) is 0.119. The molecular formula is C35H40N4O5S3. The van der Waals surface area contributed by atoms with Crippen molar-refractivity contribution in [1.29, 1.82) is 0 Å². The number of thioether (sulfide) groups is 1. The van der Waals surface area contributed by atoms with Crippen LogP contribution in [0.1, 0.15) is 67.3 Å². The van der Waals surface area contributed by atoms with E-state index in [-0.39, 0.29) is 22.3 Å². The second-order valence-corrected chi connectivity index (χ2v) is 15.9. The largest absolute Gasteiger partial charge is 0.337 e. The number of carbonyl (C=O) groups is 2. The predicted octanol–water partition coefficient (Wildman–Crippen LogP) is 6.61. The number of Topliss-reactive ketones (excluding diaryl/α,β-unsaturated/α-hetero) is 1. The number of aromatic nitrogens is 2. The van der Waals surface area contributed by atoms with Crippen LogP contribution in [0.5, 0.6) is 0 Å². The maximum absolute atomic E-state index is 13.7. The molecule has 12 heteroatoms. The van der Waals surface area contributed by atoms with Gasteiger partial charge in [-0.1, -0.05) is 87.4 Å². The number of ketones is 1. The van der Waals surface area contributed by atoms with Crippen LogP contribution in [0.2, 0.25) is 0 Å². The summed E-state index contributed by atoms with van der Waals surface area (Å²) in [5, 5.41) is 3.31. The maximum atomic E-state index is 13.7. The first kappa shape index (κ1) is 34.6. The van der Waals surface area contributed by atoms with E-state index in [4.69, 9.17) is 4.98 Å². The Balaban J connectivity index is 1.37. The molecule has 248 valence electrons. The number of hydrogen-bond donors (Lipinski definition) is 2. The van der Waals surface area contributed by atoms with Crippen LogP contribution in [0.4, 0.5) is 4.79 Å². The minimum atomic E-state index is -4.14. The molecule has 1 heterocycles. The van der Waals surface area contributed by atoms with Crippen LogP contribution < -0.4 is 10.0 Å². The molecule has 0 radical (unpaired) electrons. The van der Waals surface area contributed by atoms with Gasteiger partial charge in [0.05, 0.1) is 21.4 Å². The van der Waals surface area contributed by atoms with E-state index in [1.807, 2.05) is 55.0 Å². The second-order valence-electron chi connectivity index (χ2n) is 12.0. The van der Waals surface area contributed by atoms with E-state index < -0.39 is 26.9 Å². The van der Waals surface area contributed by atoms with Crippen LogP contribution in [0.25, 0.3) is 11.1 Å². The van der Waals surface area contributed by atoms with E-state index in [1.165, 1.54) is 17.8 Å². The molecule has 5 rings (SSSR count). The van der Waals surface area contributed by atoms with Crippen molar-refractivity contribution < 1.29 is 22.2 Å². The van der Waals surface area contributed by atoms with Crippen LogP contribution in [0.3, 0.4) is 0 Å². The SMILES string of the molecule is CSc1nc(C(C)C)n(Cc2ccc(-c3ccccc3S(=O)(=O)NC(=O)NCC3CCCC3)cc2)c1C(=O)CS(=O)c1ccccc1. The molecule has 1 fully saturated rings. The lowest BCUT2D eigenvalue weighted by Gasteiger charge is -2.15. The van der Waals surface area contributed by atoms with Crippen LogP contribution in [0, 0.1) is 5.92 Å². The summed E-state index contributed by atoms with van der Waals surface area (Å²) in [7, 11) is -5.64. The highest BCUT2D eigenvalue weighted by molar-refractivity contribution is 7.98. The van der Waals surface area contributed by atoms with Crippen LogP contribution in [-0.2, 0) is 27.4 Å². The third-order valence-electron chi connectivity index (χ3n) is 8.24. The molecule has 3 aromatic carbocycles. The van der Waals surface area contributed by atoms with Crippen molar-refractivity contribution in [2.45, 2.75) is 66.8 Å². The number of urea groups is 1. The number of sulfonamides is 1. The average Bonchev–Trinajstić information content (AvgIpc) is 3.72. The lowest BCUT2D eigenvalue weighted by atomic mass is 10.0. The van der Waals surface area contributed by atoms with Gasteiger partial charge in [-0.05, 0) is 54.3 Å². The third-order valence-corrected chi connectivity index (χ3v) is 11.6. The number of nitrogens with one attached hydrogen (secondary N) is 2. The first-order valence-corrected chi connectivity index (χ1v) is 19.7. The van der Waals surface area contributed by atoms with Gasteiger partial charge in [-0.2, -0.15) is 0 Å². The van der Waals surface area contributed by atoms with Gasteiger partial charge < -0.3 is 9.88 Å². The normalized spacial score (nSPS) is 14.3. The molecular weight excluding hydrogens is 653 g/mol. The van der Waals surface area contributed by atoms with Crippen molar-refractivity contribution >= 4 is 44.4 Å². The summed E-state index contributed by atoms with van der Waals surface area (Å²) in [4.78, 5) is 31.5. The molecule has 2 N–H and O–H groups in total. The molecule has 0 bridgehead atoms. The molecule has 1 atom stereocenters. The van der Waals surface area contributed by atoms with Gasteiger partial charge in [0.15, 0.2) is 5.78 Å². The van der Waals surface area contributed by atoms with Gasteiger partial charge in [0.2, 0.25) is 0 Å². The molecule has 4 aromatic rings. The molecule has 1 aromatic heterocycles. The molecule has 2 amide bonds. The number of carbonyl (C=O) groups excluding carboxylic acids is 2. The van der Waals surface area contributed by atoms with Crippen molar-refractivity contribution in [3.63, 3.8) is 0 Å². The predicted molar refractivity (Wildman–Crippen MR) is 187 cm³/mol. The van der Waals surface area contributed by atoms with E-state index in [9.17, 15) is 22.2 Å². The van der Waals surface area contributed by atoms with Gasteiger partial charge in [0.1, 0.15) is 16.5 Å². The fraction of sp³-hybridized carbons (Fsp3) is 0.343. The van der Waals surface area contributed by atoms with Crippen molar-refractivity contribution in [2.75, 3.05) is 18.6 Å². The van der Waals surface area contributed by atoms with Crippen molar-refractivity contribution in [3.8, 4) is 11.1 Å². The molecule has 47 heavy (non-hydrogen) atoms. The number of nitrogens with zero attached hydrogens (tertiary/aromatic N) is 2. The fourth-order valence-corrected chi connectivity index (χ4v) is 8.64. The van der Waals surface area contributed by atoms with Crippen molar-refractivity contribution in [2.24, 2.45) is 5.92 Å². The number of imidazole rings is 1. The van der Waals surface area contributed by atoms with E-state index in [0.29, 0.717) is 45.7 Å². The minimum absolute atomic E-state index is 0.00406. The molecule has 1 aliphatic carbocycles. The van der Waals surface area contributed by atoms with E-state index in [0.717, 1.165) is 37.1 Å². The zero-order valence-corrected chi connectivity index (χ0v) is 29.2. The van der Waals surface area contributed by atoms with Gasteiger partial charge in [-0.15, -0.1) is 11.8 Å². The van der Waals surface area contributed by atoms with E-state index in [2.05, 4.69) is 10.0 Å². The summed E-state index contributed by atoms with van der Waals surface area (Å²) in [6.07, 6.45) is 6.22. The van der Waals surface area contributed by atoms with Crippen molar-refractivity contribution in [3.05, 3.63) is 95.9 Å². The van der Waals surface area contributed by atoms with E-state index >= 15 is 0 Å². The third kappa shape index (κ3) is 8.41. The Hall–Kier alpha value is -3.74. The Bertz CT molecular complexity index is 1850. The Kier molecular flexibility index (Phi) is 11.4. The van der Waals surface area contributed by atoms with Crippen LogP contribution >= 0.6 is 11.8 Å². The molecule has 0 aliphatic heterocycles. The lowest BCUT2D eigenvalue weighted by Crippen LogP contribution is -2.41. The summed E-state index contributed by atoms with van der Waals surface area (Å²) >= 11 is 1.38. The first-order valence-electron chi connectivity index (χ1n) is 15.7. The van der Waals surface area contributed by atoms with Gasteiger partial charge in [-0.3, -0.25) is 9.00 Å². The first-order chi connectivity index (χ1) is 22.6. The second kappa shape index (κ2) is 15.4. The van der Waals surface area contributed by atoms with Crippen molar-refractivity contribution in [1.82, 2.24) is 19.6 Å². The molecule has 1 saturated carbocycles. The summed E-state index contributed by atoms with van der Waals surface area (Å²) < 4.78 is 43.7. The Morgan fingerprint density at radius 2 is 1.64 bits per heavy atom. The number of amides is 2. The minimum Gasteiger partial charge on any atom is -0.337 e. The number of rotatable bonds is 13. The van der Waals surface area contributed by atoms with Crippen LogP contribution in [-0.4, -0.2) is 52.5 Å². The summed E-state index contributed by atoms with van der Waals surface area (Å²) in [5.41, 5.74) is 2.44. The maximum Gasteiger partial charge on any atom is 0.328 e. The summed E-state index contributed by atoms with van der Waals surface area (Å²) in [6.45, 7) is 4.84. The molecule has 0 saturated heterocycles. The van der Waals surface area contributed by atoms with Gasteiger partial charge in [-0.25, -0.2) is 22.9 Å². The summed E-state index contributed by atoms with van der Waals surface area (Å²) in [5.74, 6) is 0.763. The van der Waals surface area contributed by atoms with Crippen LogP contribution in [0.15, 0.2) is 93.7 Å². The highest BCUT2D eigenvalue weighted by atomic mass is 32.2. The number of benzene rings is 3. The molecule has 1 unspecified atom stereocenters. The molecule has 0 spiro atoms. The summed E-state index contributed by atoms with van der Waals surface area (Å²) in [6, 6.07) is 22.2. The Morgan fingerprint density at radius 1 is 0.979 bits per heavy atom. The smallest absolute Gasteiger partial charge is 0.328 e. The standard InChI is InChI=1S/C35H40N4O5S3/c1-24(2)33-37-34(45-3)32(30(40)23-46(42)28-13-5-4-6-14-28)39(33)22-26-17-19-27(20-18-26)29-15-9-10-16-31(29)47(43,44)38-35(41)36-21-25-11-7-8-12-25/h4-6,9-10,13-20,24-25H,7-8,11-12,21-23H2,1-3H3,(H2,36,38,41). The van der Waals surface area contributed by atoms with Gasteiger partial charge >= 0.3 is 6.03 Å². The van der Waals surface area contributed by atoms with E-state index in [1.54, 1.807) is 42.5 Å². The van der Waals surface area contributed by atoms with Gasteiger partial charge in [0, 0.05) is 29.5 Å². The number of hydrogen-bond acceptors (Lipinski definition) is 7. The monoisotopic (exact) mass is 692 g/mol. The molecule has 9 nitrogen and oxygen atoms in total. The topological polar surface area (TPSA) is 127 Å². The van der Waals surface area contributed by atoms with Gasteiger partial charge in [0.25, 0.3) is 10.0 Å². The lowest BCUT2D eigenvalue weighted by molar-refractivity contribution is 0.101. The zero-order chi connectivity index (χ0) is 33.6. The molecule has 1 aliphatic rings. The average molecular weight is 693 g/mol. The Morgan fingerprint density at radius 3 is 2.30 bits per heavy atom. The zero-order valence-electron chi connectivity index (χ0n) is 26.8. The Labute approximate surface area is 283 Å².